The molecular formula is C41H28O. The molecule has 0 bridgehead atoms. The molecule has 0 aromatic heterocycles. The number of benzene rings is 6. The van der Waals surface area contributed by atoms with E-state index in [0.717, 1.165) is 59.1 Å². The Labute approximate surface area is 246 Å². The smallest absolute Gasteiger partial charge is 0.193 e. The fourth-order valence-corrected chi connectivity index (χ4v) is 7.43. The van der Waals surface area contributed by atoms with E-state index in [1.54, 1.807) is 0 Å². The Morgan fingerprint density at radius 3 is 1.24 bits per heavy atom. The average Bonchev–Trinajstić information content (AvgIpc) is 3.56. The number of fused-ring (bicyclic) bond motifs is 8. The number of carbonyl (C=O) groups is 1. The average molecular weight is 537 g/mol. The maximum atomic E-state index is 14.2. The monoisotopic (exact) mass is 536 g/mol. The van der Waals surface area contributed by atoms with Crippen molar-refractivity contribution in [3.63, 3.8) is 0 Å². The normalized spacial score (nSPS) is 13.9. The number of ketones is 1. The van der Waals surface area contributed by atoms with Crippen molar-refractivity contribution < 1.29 is 4.79 Å². The molecule has 0 radical (unpaired) electrons. The Morgan fingerprint density at radius 2 is 0.738 bits per heavy atom. The number of carbonyl (C=O) groups excluding carboxylic acids is 1. The van der Waals surface area contributed by atoms with Gasteiger partial charge in [-0.3, -0.25) is 4.79 Å². The standard InChI is InChI=1S/C41H28O/c42-41-39-23-29(27-15-17-37-33(19-27)21-31-5-1-3-7-35(31)37)13-11-25(39)9-10-26-12-14-30(24-40(26)41)28-16-18-38-34(20-28)22-32-6-2-4-8-36(32)38/h1-8,11-20,23-24H,9-10,21-22H2. The van der Waals surface area contributed by atoms with E-state index in [4.69, 9.17) is 0 Å². The first kappa shape index (κ1) is 23.7. The van der Waals surface area contributed by atoms with Crippen molar-refractivity contribution in [3.05, 3.63) is 166 Å². The quantitative estimate of drug-likeness (QED) is 0.215. The third-order valence-corrected chi connectivity index (χ3v) is 9.63. The lowest BCUT2D eigenvalue weighted by Gasteiger charge is -2.12. The summed E-state index contributed by atoms with van der Waals surface area (Å²) in [6.45, 7) is 0. The van der Waals surface area contributed by atoms with E-state index in [1.807, 2.05) is 0 Å². The van der Waals surface area contributed by atoms with Crippen molar-refractivity contribution in [1.82, 2.24) is 0 Å². The highest BCUT2D eigenvalue weighted by atomic mass is 16.1. The summed E-state index contributed by atoms with van der Waals surface area (Å²) in [5, 5.41) is 0. The molecular weight excluding hydrogens is 508 g/mol. The van der Waals surface area contributed by atoms with E-state index < -0.39 is 0 Å². The Bertz CT molecular complexity index is 1960. The fraction of sp³-hybridized carbons (Fsp3) is 0.0976. The summed E-state index contributed by atoms with van der Waals surface area (Å²) in [4.78, 5) is 14.2. The van der Waals surface area contributed by atoms with Crippen LogP contribution >= 0.6 is 0 Å². The maximum Gasteiger partial charge on any atom is 0.193 e. The zero-order valence-electron chi connectivity index (χ0n) is 23.3. The molecule has 0 fully saturated rings. The maximum absolute atomic E-state index is 14.2. The SMILES string of the molecule is O=C1c2cc(-c3ccc4c(c3)Cc3ccccc3-4)ccc2CCc2ccc(-c3ccc4c(c3)Cc3ccccc3-4)cc21. The second-order valence-electron chi connectivity index (χ2n) is 12.0. The molecule has 0 saturated heterocycles. The lowest BCUT2D eigenvalue weighted by atomic mass is 9.91. The Hall–Kier alpha value is -5.01. The van der Waals surface area contributed by atoms with E-state index in [-0.39, 0.29) is 5.78 Å². The number of aryl methyl sites for hydroxylation is 2. The molecule has 6 aromatic carbocycles. The van der Waals surface area contributed by atoms with Gasteiger partial charge in [0.2, 0.25) is 0 Å². The minimum absolute atomic E-state index is 0.142. The largest absolute Gasteiger partial charge is 0.289 e. The van der Waals surface area contributed by atoms with Crippen molar-refractivity contribution in [1.29, 1.82) is 0 Å². The Balaban J connectivity index is 1.07. The van der Waals surface area contributed by atoms with Crippen LogP contribution in [0.1, 0.15) is 49.3 Å². The summed E-state index contributed by atoms with van der Waals surface area (Å²) in [5.41, 5.74) is 19.4. The molecule has 0 atom stereocenters. The summed E-state index contributed by atoms with van der Waals surface area (Å²) >= 11 is 0. The van der Waals surface area contributed by atoms with Gasteiger partial charge in [0.05, 0.1) is 0 Å². The number of hydrogen-bond donors (Lipinski definition) is 0. The van der Waals surface area contributed by atoms with Crippen LogP contribution in [-0.4, -0.2) is 5.78 Å². The van der Waals surface area contributed by atoms with Crippen molar-refractivity contribution in [2.75, 3.05) is 0 Å². The molecule has 1 heteroatoms. The molecule has 0 heterocycles. The number of hydrogen-bond acceptors (Lipinski definition) is 1. The van der Waals surface area contributed by atoms with Gasteiger partial charge in [-0.1, -0.05) is 109 Å². The minimum atomic E-state index is 0.142. The van der Waals surface area contributed by atoms with Crippen molar-refractivity contribution in [2.24, 2.45) is 0 Å². The van der Waals surface area contributed by atoms with Gasteiger partial charge in [0, 0.05) is 11.1 Å². The van der Waals surface area contributed by atoms with Crippen LogP contribution in [0.5, 0.6) is 0 Å². The third-order valence-electron chi connectivity index (χ3n) is 9.63. The van der Waals surface area contributed by atoms with Gasteiger partial charge in [-0.15, -0.1) is 0 Å². The van der Waals surface area contributed by atoms with Crippen LogP contribution in [0, 0.1) is 0 Å². The topological polar surface area (TPSA) is 17.1 Å². The van der Waals surface area contributed by atoms with Crippen molar-refractivity contribution in [3.8, 4) is 44.5 Å². The Morgan fingerprint density at radius 1 is 0.333 bits per heavy atom. The molecule has 0 saturated carbocycles. The van der Waals surface area contributed by atoms with Gasteiger partial charge < -0.3 is 0 Å². The van der Waals surface area contributed by atoms with Crippen molar-refractivity contribution >= 4 is 5.78 Å². The Kier molecular flexibility index (Phi) is 5.07. The molecule has 0 spiro atoms. The van der Waals surface area contributed by atoms with Gasteiger partial charge in [-0.05, 0) is 116 Å². The lowest BCUT2D eigenvalue weighted by molar-refractivity contribution is 0.103. The van der Waals surface area contributed by atoms with Crippen LogP contribution in [-0.2, 0) is 25.7 Å². The van der Waals surface area contributed by atoms with Gasteiger partial charge in [-0.25, -0.2) is 0 Å². The van der Waals surface area contributed by atoms with Crippen LogP contribution in [0.15, 0.2) is 121 Å². The van der Waals surface area contributed by atoms with Crippen LogP contribution in [0.25, 0.3) is 44.5 Å². The van der Waals surface area contributed by atoms with Crippen molar-refractivity contribution in [2.45, 2.75) is 25.7 Å². The summed E-state index contributed by atoms with van der Waals surface area (Å²) in [6.07, 6.45) is 3.69. The molecule has 0 aliphatic heterocycles. The van der Waals surface area contributed by atoms with Gasteiger partial charge in [-0.2, -0.15) is 0 Å². The second-order valence-corrected chi connectivity index (χ2v) is 12.0. The molecule has 3 aliphatic carbocycles. The highest BCUT2D eigenvalue weighted by Crippen LogP contribution is 2.41. The second kappa shape index (κ2) is 8.99. The fourth-order valence-electron chi connectivity index (χ4n) is 7.43. The highest BCUT2D eigenvalue weighted by Gasteiger charge is 2.24. The molecule has 0 N–H and O–H groups in total. The summed E-state index contributed by atoms with van der Waals surface area (Å²) in [6, 6.07) is 43.9. The predicted octanol–water partition coefficient (Wildman–Crippen LogP) is 9.49. The molecule has 42 heavy (non-hydrogen) atoms. The predicted molar refractivity (Wildman–Crippen MR) is 171 cm³/mol. The molecule has 0 unspecified atom stereocenters. The van der Waals surface area contributed by atoms with Crippen LogP contribution < -0.4 is 0 Å². The van der Waals surface area contributed by atoms with E-state index >= 15 is 0 Å². The number of rotatable bonds is 2. The molecule has 198 valence electrons. The van der Waals surface area contributed by atoms with Crippen LogP contribution in [0.3, 0.4) is 0 Å². The van der Waals surface area contributed by atoms with Gasteiger partial charge in [0.15, 0.2) is 5.78 Å². The zero-order valence-corrected chi connectivity index (χ0v) is 23.3. The van der Waals surface area contributed by atoms with Crippen LogP contribution in [0.4, 0.5) is 0 Å². The van der Waals surface area contributed by atoms with E-state index in [2.05, 4.69) is 121 Å². The molecule has 9 rings (SSSR count). The molecule has 6 aromatic rings. The molecule has 0 amide bonds. The lowest BCUT2D eigenvalue weighted by Crippen LogP contribution is -2.05. The first-order chi connectivity index (χ1) is 20.7. The summed E-state index contributed by atoms with van der Waals surface area (Å²) in [7, 11) is 0. The molecule has 3 aliphatic rings. The van der Waals surface area contributed by atoms with Gasteiger partial charge in [0.1, 0.15) is 0 Å². The zero-order chi connectivity index (χ0) is 27.8. The minimum Gasteiger partial charge on any atom is -0.289 e. The summed E-state index contributed by atoms with van der Waals surface area (Å²) in [5.74, 6) is 0.142. The van der Waals surface area contributed by atoms with E-state index in [9.17, 15) is 4.79 Å². The molecule has 1 nitrogen and oxygen atoms in total. The van der Waals surface area contributed by atoms with E-state index in [1.165, 1.54) is 55.6 Å². The van der Waals surface area contributed by atoms with E-state index in [0.29, 0.717) is 0 Å². The first-order valence-electron chi connectivity index (χ1n) is 14.9. The van der Waals surface area contributed by atoms with Gasteiger partial charge in [0.25, 0.3) is 0 Å². The third kappa shape index (κ3) is 3.60. The van der Waals surface area contributed by atoms with Gasteiger partial charge >= 0.3 is 0 Å². The first-order valence-corrected chi connectivity index (χ1v) is 14.9. The highest BCUT2D eigenvalue weighted by molar-refractivity contribution is 6.12. The van der Waals surface area contributed by atoms with Crippen LogP contribution in [0.2, 0.25) is 0 Å². The summed E-state index contributed by atoms with van der Waals surface area (Å²) < 4.78 is 0.